The summed E-state index contributed by atoms with van der Waals surface area (Å²) in [6, 6.07) is 8.35. The molecular weight excluding hydrogens is 212 g/mol. The Morgan fingerprint density at radius 1 is 1.29 bits per heavy atom. The predicted octanol–water partition coefficient (Wildman–Crippen LogP) is 2.68. The van der Waals surface area contributed by atoms with Gasteiger partial charge in [0, 0.05) is 37.3 Å². The molecule has 1 aromatic heterocycles. The molecule has 3 nitrogen and oxygen atoms in total. The summed E-state index contributed by atoms with van der Waals surface area (Å²) >= 11 is 0. The molecule has 17 heavy (non-hydrogen) atoms. The summed E-state index contributed by atoms with van der Waals surface area (Å²) in [5, 5.41) is 4.71. The second-order valence-corrected chi connectivity index (χ2v) is 4.93. The van der Waals surface area contributed by atoms with Gasteiger partial charge in [0.25, 0.3) is 0 Å². The van der Waals surface area contributed by atoms with Gasteiger partial charge in [-0.3, -0.25) is 0 Å². The molecule has 0 saturated heterocycles. The molecule has 1 aromatic carbocycles. The van der Waals surface area contributed by atoms with Gasteiger partial charge in [-0.2, -0.15) is 0 Å². The van der Waals surface area contributed by atoms with Crippen LogP contribution in [0.15, 0.2) is 30.5 Å². The van der Waals surface area contributed by atoms with E-state index in [2.05, 4.69) is 48.5 Å². The van der Waals surface area contributed by atoms with Gasteiger partial charge >= 0.3 is 0 Å². The number of aromatic nitrogens is 1. The fourth-order valence-corrected chi connectivity index (χ4v) is 1.85. The van der Waals surface area contributed by atoms with Crippen molar-refractivity contribution in [2.45, 2.75) is 26.0 Å². The first-order valence-electron chi connectivity index (χ1n) is 5.93. The molecule has 2 aromatic rings. The van der Waals surface area contributed by atoms with Gasteiger partial charge < -0.3 is 15.0 Å². The minimum absolute atomic E-state index is 0.119. The monoisotopic (exact) mass is 232 g/mol. The van der Waals surface area contributed by atoms with Gasteiger partial charge in [-0.25, -0.2) is 0 Å². The summed E-state index contributed by atoms with van der Waals surface area (Å²) in [6.07, 6.45) is 2.07. The second kappa shape index (κ2) is 4.90. The lowest BCUT2D eigenvalue weighted by atomic mass is 10.1. The van der Waals surface area contributed by atoms with Gasteiger partial charge in [0.1, 0.15) is 0 Å². The number of hydrogen-bond acceptors (Lipinski definition) is 2. The zero-order chi connectivity index (χ0) is 12.3. The molecule has 0 aliphatic heterocycles. The van der Waals surface area contributed by atoms with Crippen molar-refractivity contribution in [3.05, 3.63) is 36.0 Å². The van der Waals surface area contributed by atoms with E-state index < -0.39 is 0 Å². The van der Waals surface area contributed by atoms with Crippen LogP contribution in [0, 0.1) is 0 Å². The summed E-state index contributed by atoms with van der Waals surface area (Å²) in [5.74, 6) is 0. The van der Waals surface area contributed by atoms with Gasteiger partial charge in [-0.15, -0.1) is 0 Å². The first kappa shape index (κ1) is 12.1. The van der Waals surface area contributed by atoms with Gasteiger partial charge in [0.2, 0.25) is 0 Å². The SMILES string of the molecule is COC(C)(C)CNCc1c[nH]c2ccccc12. The smallest absolute Gasteiger partial charge is 0.0746 e. The zero-order valence-corrected chi connectivity index (χ0v) is 10.7. The second-order valence-electron chi connectivity index (χ2n) is 4.93. The third-order valence-electron chi connectivity index (χ3n) is 3.09. The Morgan fingerprint density at radius 3 is 2.82 bits per heavy atom. The molecule has 0 spiro atoms. The van der Waals surface area contributed by atoms with Crippen LogP contribution in [-0.4, -0.2) is 24.2 Å². The van der Waals surface area contributed by atoms with E-state index in [1.807, 2.05) is 6.07 Å². The highest BCUT2D eigenvalue weighted by Crippen LogP contribution is 2.17. The van der Waals surface area contributed by atoms with E-state index >= 15 is 0 Å². The fourth-order valence-electron chi connectivity index (χ4n) is 1.85. The van der Waals surface area contributed by atoms with Crippen molar-refractivity contribution in [1.29, 1.82) is 0 Å². The molecule has 0 atom stereocenters. The molecule has 1 heterocycles. The Morgan fingerprint density at radius 2 is 2.06 bits per heavy atom. The average Bonchev–Trinajstić information content (AvgIpc) is 2.73. The summed E-state index contributed by atoms with van der Waals surface area (Å²) in [4.78, 5) is 3.28. The molecular formula is C14H20N2O. The zero-order valence-electron chi connectivity index (χ0n) is 10.7. The van der Waals surface area contributed by atoms with E-state index in [0.717, 1.165) is 13.1 Å². The summed E-state index contributed by atoms with van der Waals surface area (Å²) in [6.45, 7) is 5.85. The van der Waals surface area contributed by atoms with Crippen molar-refractivity contribution < 1.29 is 4.74 Å². The maximum Gasteiger partial charge on any atom is 0.0746 e. The largest absolute Gasteiger partial charge is 0.377 e. The highest BCUT2D eigenvalue weighted by Gasteiger charge is 2.15. The predicted molar refractivity (Wildman–Crippen MR) is 71.1 cm³/mol. The van der Waals surface area contributed by atoms with Crippen LogP contribution in [0.4, 0.5) is 0 Å². The molecule has 0 amide bonds. The van der Waals surface area contributed by atoms with Crippen molar-refractivity contribution >= 4 is 10.9 Å². The van der Waals surface area contributed by atoms with Gasteiger partial charge in [0.15, 0.2) is 0 Å². The number of ether oxygens (including phenoxy) is 1. The molecule has 0 fully saturated rings. The van der Waals surface area contributed by atoms with Crippen LogP contribution >= 0.6 is 0 Å². The average molecular weight is 232 g/mol. The van der Waals surface area contributed by atoms with Crippen LogP contribution in [0.1, 0.15) is 19.4 Å². The number of rotatable bonds is 5. The van der Waals surface area contributed by atoms with Crippen molar-refractivity contribution in [2.24, 2.45) is 0 Å². The molecule has 0 bridgehead atoms. The molecule has 3 heteroatoms. The third-order valence-corrected chi connectivity index (χ3v) is 3.09. The third kappa shape index (κ3) is 2.87. The Hall–Kier alpha value is -1.32. The summed E-state index contributed by atoms with van der Waals surface area (Å²) in [5.41, 5.74) is 2.37. The summed E-state index contributed by atoms with van der Waals surface area (Å²) < 4.78 is 5.37. The number of nitrogens with one attached hydrogen (secondary N) is 2. The lowest BCUT2D eigenvalue weighted by Gasteiger charge is -2.23. The van der Waals surface area contributed by atoms with E-state index in [4.69, 9.17) is 4.74 Å². The highest BCUT2D eigenvalue weighted by atomic mass is 16.5. The number of para-hydroxylation sites is 1. The van der Waals surface area contributed by atoms with Crippen molar-refractivity contribution in [1.82, 2.24) is 10.3 Å². The Bertz CT molecular complexity index is 488. The number of fused-ring (bicyclic) bond motifs is 1. The molecule has 0 saturated carbocycles. The Kier molecular flexibility index (Phi) is 3.50. The van der Waals surface area contributed by atoms with Gasteiger partial charge in [0.05, 0.1) is 5.60 Å². The standard InChI is InChI=1S/C14H20N2O/c1-14(2,17-3)10-15-8-11-9-16-13-7-5-4-6-12(11)13/h4-7,9,15-16H,8,10H2,1-3H3. The fraction of sp³-hybridized carbons (Fsp3) is 0.429. The minimum Gasteiger partial charge on any atom is -0.377 e. The lowest BCUT2D eigenvalue weighted by Crippen LogP contribution is -2.36. The van der Waals surface area contributed by atoms with Crippen molar-refractivity contribution in [3.8, 4) is 0 Å². The number of aromatic amines is 1. The summed E-state index contributed by atoms with van der Waals surface area (Å²) in [7, 11) is 1.74. The first-order chi connectivity index (χ1) is 8.12. The number of H-pyrrole nitrogens is 1. The van der Waals surface area contributed by atoms with Crippen LogP contribution in [0.2, 0.25) is 0 Å². The van der Waals surface area contributed by atoms with Crippen LogP contribution in [0.25, 0.3) is 10.9 Å². The maximum absolute atomic E-state index is 5.37. The van der Waals surface area contributed by atoms with Crippen LogP contribution in [-0.2, 0) is 11.3 Å². The Labute approximate surface area is 102 Å². The van der Waals surface area contributed by atoms with E-state index in [9.17, 15) is 0 Å². The van der Waals surface area contributed by atoms with Crippen LogP contribution < -0.4 is 5.32 Å². The van der Waals surface area contributed by atoms with E-state index in [0.29, 0.717) is 0 Å². The molecule has 2 rings (SSSR count). The van der Waals surface area contributed by atoms with E-state index in [1.165, 1.54) is 16.5 Å². The molecule has 92 valence electrons. The topological polar surface area (TPSA) is 37.0 Å². The van der Waals surface area contributed by atoms with Gasteiger partial charge in [-0.1, -0.05) is 18.2 Å². The molecule has 2 N–H and O–H groups in total. The maximum atomic E-state index is 5.37. The normalized spacial score (nSPS) is 12.2. The minimum atomic E-state index is -0.119. The molecule has 0 unspecified atom stereocenters. The van der Waals surface area contributed by atoms with Crippen LogP contribution in [0.5, 0.6) is 0 Å². The highest BCUT2D eigenvalue weighted by molar-refractivity contribution is 5.82. The molecule has 0 radical (unpaired) electrons. The number of methoxy groups -OCH3 is 1. The van der Waals surface area contributed by atoms with E-state index in [-0.39, 0.29) is 5.60 Å². The van der Waals surface area contributed by atoms with Gasteiger partial charge in [-0.05, 0) is 25.5 Å². The first-order valence-corrected chi connectivity index (χ1v) is 5.93. The van der Waals surface area contributed by atoms with Crippen LogP contribution in [0.3, 0.4) is 0 Å². The molecule has 0 aliphatic carbocycles. The van der Waals surface area contributed by atoms with Crippen molar-refractivity contribution in [2.75, 3.05) is 13.7 Å². The molecule has 0 aliphatic rings. The number of hydrogen-bond donors (Lipinski definition) is 2. The number of benzene rings is 1. The quantitative estimate of drug-likeness (QED) is 0.831. The lowest BCUT2D eigenvalue weighted by molar-refractivity contribution is 0.0231. The van der Waals surface area contributed by atoms with E-state index in [1.54, 1.807) is 7.11 Å². The Balaban J connectivity index is 2.00. The van der Waals surface area contributed by atoms with Crippen molar-refractivity contribution in [3.63, 3.8) is 0 Å².